The van der Waals surface area contributed by atoms with Crippen molar-refractivity contribution in [3.63, 3.8) is 0 Å². The first kappa shape index (κ1) is 14.3. The van der Waals surface area contributed by atoms with Crippen LogP contribution in [0.2, 0.25) is 0 Å². The van der Waals surface area contributed by atoms with Crippen molar-refractivity contribution < 1.29 is 9.90 Å². The van der Waals surface area contributed by atoms with Crippen LogP contribution in [0.25, 0.3) is 10.9 Å². The van der Waals surface area contributed by atoms with E-state index in [1.165, 1.54) is 10.9 Å². The average molecular weight is 298 g/mol. The van der Waals surface area contributed by atoms with Crippen molar-refractivity contribution >= 4 is 16.9 Å². The standard InChI is InChI=1S/C16H18N4O2/c1-19(11-13-10-17-18-15(13)16(21)22)8-9-20-7-6-12-4-2-3-5-14(12)20/h2-7,10H,8-9,11H2,1H3,(H,17,18)(H,21,22). The number of rotatable bonds is 6. The lowest BCUT2D eigenvalue weighted by Crippen LogP contribution is -2.23. The molecule has 0 aliphatic rings. The molecule has 0 atom stereocenters. The van der Waals surface area contributed by atoms with Crippen molar-refractivity contribution in [2.75, 3.05) is 13.6 Å². The van der Waals surface area contributed by atoms with E-state index >= 15 is 0 Å². The van der Waals surface area contributed by atoms with E-state index in [0.29, 0.717) is 12.1 Å². The Kier molecular flexibility index (Phi) is 3.93. The Hall–Kier alpha value is -2.60. The van der Waals surface area contributed by atoms with Crippen LogP contribution in [0.1, 0.15) is 16.1 Å². The van der Waals surface area contributed by atoms with E-state index in [9.17, 15) is 4.79 Å². The molecule has 0 aliphatic carbocycles. The largest absolute Gasteiger partial charge is 0.477 e. The molecule has 0 radical (unpaired) electrons. The zero-order chi connectivity index (χ0) is 15.5. The quantitative estimate of drug-likeness (QED) is 0.731. The number of hydrogen-bond donors (Lipinski definition) is 2. The van der Waals surface area contributed by atoms with Crippen LogP contribution < -0.4 is 0 Å². The van der Waals surface area contributed by atoms with Crippen molar-refractivity contribution in [2.24, 2.45) is 0 Å². The number of carboxylic acid groups (broad SMARTS) is 1. The highest BCUT2D eigenvalue weighted by Crippen LogP contribution is 2.15. The summed E-state index contributed by atoms with van der Waals surface area (Å²) in [5.41, 5.74) is 2.08. The molecule has 1 aromatic carbocycles. The number of hydrogen-bond acceptors (Lipinski definition) is 3. The summed E-state index contributed by atoms with van der Waals surface area (Å²) in [6.07, 6.45) is 3.66. The predicted octanol–water partition coefficient (Wildman–Crippen LogP) is 2.19. The fourth-order valence-electron chi connectivity index (χ4n) is 2.60. The van der Waals surface area contributed by atoms with Crippen LogP contribution in [0.5, 0.6) is 0 Å². The molecule has 0 fully saturated rings. The lowest BCUT2D eigenvalue weighted by molar-refractivity contribution is 0.0688. The van der Waals surface area contributed by atoms with Gasteiger partial charge in [-0.3, -0.25) is 5.10 Å². The van der Waals surface area contributed by atoms with Crippen LogP contribution in [-0.2, 0) is 13.1 Å². The maximum Gasteiger partial charge on any atom is 0.354 e. The summed E-state index contributed by atoms with van der Waals surface area (Å²) in [5, 5.41) is 16.6. The number of aromatic carboxylic acids is 1. The normalized spacial score (nSPS) is 11.4. The Bertz CT molecular complexity index is 790. The van der Waals surface area contributed by atoms with Crippen molar-refractivity contribution in [1.29, 1.82) is 0 Å². The van der Waals surface area contributed by atoms with E-state index in [0.717, 1.165) is 13.1 Å². The first-order chi connectivity index (χ1) is 10.6. The molecule has 0 unspecified atom stereocenters. The van der Waals surface area contributed by atoms with Gasteiger partial charge < -0.3 is 14.6 Å². The summed E-state index contributed by atoms with van der Waals surface area (Å²) in [6, 6.07) is 10.4. The van der Waals surface area contributed by atoms with Gasteiger partial charge in [0.2, 0.25) is 0 Å². The Balaban J connectivity index is 1.64. The van der Waals surface area contributed by atoms with Crippen LogP contribution in [0.4, 0.5) is 0 Å². The molecule has 6 heteroatoms. The van der Waals surface area contributed by atoms with Crippen molar-refractivity contribution in [2.45, 2.75) is 13.1 Å². The summed E-state index contributed by atoms with van der Waals surface area (Å²) in [5.74, 6) is -0.975. The summed E-state index contributed by atoms with van der Waals surface area (Å²) in [7, 11) is 1.98. The molecular weight excluding hydrogens is 280 g/mol. The van der Waals surface area contributed by atoms with Crippen LogP contribution in [0.15, 0.2) is 42.7 Å². The molecule has 114 valence electrons. The number of H-pyrrole nitrogens is 1. The second-order valence-electron chi connectivity index (χ2n) is 5.38. The van der Waals surface area contributed by atoms with Gasteiger partial charge in [0.25, 0.3) is 0 Å². The lowest BCUT2D eigenvalue weighted by atomic mass is 10.2. The van der Waals surface area contributed by atoms with Gasteiger partial charge in [0.05, 0.1) is 6.20 Å². The van der Waals surface area contributed by atoms with Crippen molar-refractivity contribution in [1.82, 2.24) is 19.7 Å². The van der Waals surface area contributed by atoms with Gasteiger partial charge in [-0.1, -0.05) is 18.2 Å². The lowest BCUT2D eigenvalue weighted by Gasteiger charge is -2.17. The number of benzene rings is 1. The number of aromatic amines is 1. The van der Waals surface area contributed by atoms with E-state index in [4.69, 9.17) is 5.11 Å². The van der Waals surface area contributed by atoms with Gasteiger partial charge in [-0.25, -0.2) is 4.79 Å². The van der Waals surface area contributed by atoms with Crippen molar-refractivity contribution in [3.8, 4) is 0 Å². The third-order valence-corrected chi connectivity index (χ3v) is 3.77. The van der Waals surface area contributed by atoms with E-state index in [1.807, 2.05) is 19.2 Å². The Morgan fingerprint density at radius 2 is 2.18 bits per heavy atom. The molecule has 6 nitrogen and oxygen atoms in total. The second kappa shape index (κ2) is 6.03. The maximum absolute atomic E-state index is 11.1. The summed E-state index contributed by atoms with van der Waals surface area (Å²) in [6.45, 7) is 2.23. The SMILES string of the molecule is CN(CCn1ccc2ccccc21)Cc1cn[nH]c1C(=O)O. The fourth-order valence-corrected chi connectivity index (χ4v) is 2.60. The summed E-state index contributed by atoms with van der Waals surface area (Å²) < 4.78 is 2.21. The van der Waals surface area contributed by atoms with Gasteiger partial charge in [-0.15, -0.1) is 0 Å². The predicted molar refractivity (Wildman–Crippen MR) is 83.8 cm³/mol. The Morgan fingerprint density at radius 1 is 1.36 bits per heavy atom. The molecule has 2 heterocycles. The summed E-state index contributed by atoms with van der Waals surface area (Å²) >= 11 is 0. The highest BCUT2D eigenvalue weighted by Gasteiger charge is 2.13. The number of likely N-dealkylation sites (N-methyl/N-ethyl adjacent to an activating group) is 1. The molecule has 0 aliphatic heterocycles. The molecule has 0 amide bonds. The molecule has 0 saturated heterocycles. The van der Waals surface area contributed by atoms with Gasteiger partial charge in [0.1, 0.15) is 5.69 Å². The Labute approximate surface area is 128 Å². The minimum absolute atomic E-state index is 0.165. The number of para-hydroxylation sites is 1. The number of nitrogens with zero attached hydrogens (tertiary/aromatic N) is 3. The van der Waals surface area contributed by atoms with E-state index in [2.05, 4.69) is 44.1 Å². The van der Waals surface area contributed by atoms with Crippen LogP contribution >= 0.6 is 0 Å². The number of fused-ring (bicyclic) bond motifs is 1. The molecule has 0 saturated carbocycles. The molecule has 0 bridgehead atoms. The minimum atomic E-state index is -0.975. The maximum atomic E-state index is 11.1. The van der Waals surface area contributed by atoms with E-state index in [1.54, 1.807) is 6.20 Å². The number of carboxylic acids is 1. The first-order valence-electron chi connectivity index (χ1n) is 7.13. The number of aromatic nitrogens is 3. The average Bonchev–Trinajstić information content (AvgIpc) is 3.12. The van der Waals surface area contributed by atoms with E-state index in [-0.39, 0.29) is 5.69 Å². The van der Waals surface area contributed by atoms with E-state index < -0.39 is 5.97 Å². The highest BCUT2D eigenvalue weighted by atomic mass is 16.4. The van der Waals surface area contributed by atoms with Gasteiger partial charge in [-0.05, 0) is 24.6 Å². The second-order valence-corrected chi connectivity index (χ2v) is 5.38. The minimum Gasteiger partial charge on any atom is -0.477 e. The third-order valence-electron chi connectivity index (χ3n) is 3.77. The smallest absolute Gasteiger partial charge is 0.354 e. The molecule has 2 aromatic heterocycles. The monoisotopic (exact) mass is 298 g/mol. The molecular formula is C16H18N4O2. The zero-order valence-corrected chi connectivity index (χ0v) is 12.4. The molecule has 22 heavy (non-hydrogen) atoms. The number of nitrogens with one attached hydrogen (secondary N) is 1. The van der Waals surface area contributed by atoms with Gasteiger partial charge in [-0.2, -0.15) is 5.10 Å². The highest BCUT2D eigenvalue weighted by molar-refractivity contribution is 5.86. The van der Waals surface area contributed by atoms with Crippen LogP contribution in [0.3, 0.4) is 0 Å². The van der Waals surface area contributed by atoms with Gasteiger partial charge in [0.15, 0.2) is 0 Å². The van der Waals surface area contributed by atoms with Crippen molar-refractivity contribution in [3.05, 3.63) is 54.0 Å². The van der Waals surface area contributed by atoms with Gasteiger partial charge >= 0.3 is 5.97 Å². The Morgan fingerprint density at radius 3 is 3.00 bits per heavy atom. The molecule has 3 aromatic rings. The molecule has 3 rings (SSSR count). The number of carbonyl (C=O) groups is 1. The molecule has 2 N–H and O–H groups in total. The summed E-state index contributed by atoms with van der Waals surface area (Å²) in [4.78, 5) is 13.2. The fraction of sp³-hybridized carbons (Fsp3) is 0.250. The zero-order valence-electron chi connectivity index (χ0n) is 12.4. The molecule has 0 spiro atoms. The van der Waals surface area contributed by atoms with Crippen LogP contribution in [-0.4, -0.2) is 44.3 Å². The van der Waals surface area contributed by atoms with Crippen LogP contribution in [0, 0.1) is 0 Å². The van der Waals surface area contributed by atoms with Gasteiger partial charge in [0, 0.05) is 36.9 Å². The first-order valence-corrected chi connectivity index (χ1v) is 7.13. The third kappa shape index (κ3) is 2.87. The topological polar surface area (TPSA) is 74.2 Å².